The summed E-state index contributed by atoms with van der Waals surface area (Å²) in [6, 6.07) is 25.4. The number of halogens is 1. The van der Waals surface area contributed by atoms with Gasteiger partial charge in [0, 0.05) is 12.1 Å². The van der Waals surface area contributed by atoms with Crippen molar-refractivity contribution >= 4 is 23.2 Å². The molecule has 2 N–H and O–H groups in total. The maximum Gasteiger partial charge on any atom is 0.0898 e. The fourth-order valence-electron chi connectivity index (χ4n) is 3.88. The Labute approximate surface area is 193 Å². The van der Waals surface area contributed by atoms with E-state index in [1.807, 2.05) is 18.2 Å². The molecule has 0 spiro atoms. The highest BCUT2D eigenvalue weighted by Gasteiger charge is 2.20. The standard InChI is InChI=1S/C27H35NO2.ClH/c1-4-10-26(23-12-6-5-7-13-23)30-20-25(29)19-28-27(2,3)18-21-15-16-22-11-8-9-14-24(22)17-21;/h5-9,11-17,25-26,28-29H,4,10,18-20H2,1-3H3;1H/t25-,26?;/m1./s1. The summed E-state index contributed by atoms with van der Waals surface area (Å²) >= 11 is 0. The van der Waals surface area contributed by atoms with Crippen LogP contribution in [0.3, 0.4) is 0 Å². The predicted molar refractivity (Wildman–Crippen MR) is 133 cm³/mol. The van der Waals surface area contributed by atoms with E-state index < -0.39 is 6.10 Å². The van der Waals surface area contributed by atoms with Crippen LogP contribution in [0.1, 0.15) is 50.8 Å². The average Bonchev–Trinajstić information content (AvgIpc) is 2.75. The fraction of sp³-hybridized carbons (Fsp3) is 0.407. The molecular weight excluding hydrogens is 406 g/mol. The first kappa shape index (κ1) is 25.4. The average molecular weight is 442 g/mol. The molecule has 3 aromatic carbocycles. The van der Waals surface area contributed by atoms with E-state index in [4.69, 9.17) is 4.74 Å². The van der Waals surface area contributed by atoms with Crippen LogP contribution < -0.4 is 5.32 Å². The Morgan fingerprint density at radius 3 is 2.32 bits per heavy atom. The van der Waals surface area contributed by atoms with E-state index in [0.717, 1.165) is 19.3 Å². The Bertz CT molecular complexity index is 913. The van der Waals surface area contributed by atoms with Crippen molar-refractivity contribution in [2.24, 2.45) is 0 Å². The minimum absolute atomic E-state index is 0. The highest BCUT2D eigenvalue weighted by atomic mass is 35.5. The zero-order valence-corrected chi connectivity index (χ0v) is 19.7. The molecule has 0 aromatic heterocycles. The molecule has 2 atom stereocenters. The molecule has 3 nitrogen and oxygen atoms in total. The second-order valence-corrected chi connectivity index (χ2v) is 8.80. The molecule has 4 heteroatoms. The van der Waals surface area contributed by atoms with E-state index in [0.29, 0.717) is 13.2 Å². The highest BCUT2D eigenvalue weighted by Crippen LogP contribution is 2.23. The third kappa shape index (κ3) is 7.93. The van der Waals surface area contributed by atoms with Crippen molar-refractivity contribution in [3.05, 3.63) is 83.9 Å². The van der Waals surface area contributed by atoms with Crippen LogP contribution in [-0.2, 0) is 11.2 Å². The zero-order valence-electron chi connectivity index (χ0n) is 18.9. The summed E-state index contributed by atoms with van der Waals surface area (Å²) in [6.45, 7) is 7.36. The van der Waals surface area contributed by atoms with Gasteiger partial charge in [-0.15, -0.1) is 12.4 Å². The lowest BCUT2D eigenvalue weighted by Gasteiger charge is -2.28. The number of β-amino-alcohol motifs (C(OH)–C–C–N with tert-alkyl or cyclic N) is 1. The number of benzene rings is 3. The van der Waals surface area contributed by atoms with Gasteiger partial charge in [-0.25, -0.2) is 0 Å². The molecule has 3 aromatic rings. The van der Waals surface area contributed by atoms with Crippen molar-refractivity contribution in [3.63, 3.8) is 0 Å². The molecule has 0 bridgehead atoms. The van der Waals surface area contributed by atoms with Crippen molar-refractivity contribution < 1.29 is 9.84 Å². The lowest BCUT2D eigenvalue weighted by molar-refractivity contribution is -0.0154. The molecule has 0 aliphatic heterocycles. The van der Waals surface area contributed by atoms with Crippen LogP contribution in [0, 0.1) is 0 Å². The summed E-state index contributed by atoms with van der Waals surface area (Å²) in [7, 11) is 0. The monoisotopic (exact) mass is 441 g/mol. The van der Waals surface area contributed by atoms with Gasteiger partial charge < -0.3 is 15.2 Å². The minimum Gasteiger partial charge on any atom is -0.389 e. The third-order valence-corrected chi connectivity index (χ3v) is 5.49. The van der Waals surface area contributed by atoms with E-state index in [-0.39, 0.29) is 24.0 Å². The number of rotatable bonds is 11. The number of aliphatic hydroxyl groups excluding tert-OH is 1. The van der Waals surface area contributed by atoms with E-state index in [2.05, 4.69) is 80.7 Å². The van der Waals surface area contributed by atoms with E-state index in [1.165, 1.54) is 21.9 Å². The molecule has 0 amide bonds. The molecule has 3 rings (SSSR count). The number of ether oxygens (including phenoxy) is 1. The van der Waals surface area contributed by atoms with Crippen molar-refractivity contribution in [2.45, 2.75) is 57.8 Å². The van der Waals surface area contributed by atoms with Crippen molar-refractivity contribution in [1.29, 1.82) is 0 Å². The van der Waals surface area contributed by atoms with Crippen molar-refractivity contribution in [1.82, 2.24) is 5.32 Å². The van der Waals surface area contributed by atoms with Gasteiger partial charge in [0.15, 0.2) is 0 Å². The van der Waals surface area contributed by atoms with Crippen LogP contribution in [0.2, 0.25) is 0 Å². The van der Waals surface area contributed by atoms with E-state index in [1.54, 1.807) is 0 Å². The largest absolute Gasteiger partial charge is 0.389 e. The SMILES string of the molecule is CCCC(OC[C@H](O)CNC(C)(C)Cc1ccc2ccccc2c1)c1ccccc1.Cl. The van der Waals surface area contributed by atoms with Gasteiger partial charge in [-0.1, -0.05) is 86.1 Å². The Balaban J connectivity index is 0.00000341. The second kappa shape index (κ2) is 12.2. The van der Waals surface area contributed by atoms with Crippen LogP contribution in [-0.4, -0.2) is 29.9 Å². The fourth-order valence-corrected chi connectivity index (χ4v) is 3.88. The predicted octanol–water partition coefficient (Wildman–Crippen LogP) is 6.09. The van der Waals surface area contributed by atoms with Crippen LogP contribution in [0.15, 0.2) is 72.8 Å². The third-order valence-electron chi connectivity index (χ3n) is 5.49. The molecule has 168 valence electrons. The molecule has 0 aliphatic carbocycles. The van der Waals surface area contributed by atoms with Crippen LogP contribution in [0.25, 0.3) is 10.8 Å². The van der Waals surface area contributed by atoms with Gasteiger partial charge >= 0.3 is 0 Å². The Hall–Kier alpha value is -1.91. The normalized spacial score (nSPS) is 13.5. The molecular formula is C27H36ClNO2. The van der Waals surface area contributed by atoms with Crippen molar-refractivity contribution in [3.8, 4) is 0 Å². The Morgan fingerprint density at radius 2 is 1.61 bits per heavy atom. The number of aliphatic hydroxyl groups is 1. The molecule has 1 unspecified atom stereocenters. The number of hydrogen-bond donors (Lipinski definition) is 2. The van der Waals surface area contributed by atoms with E-state index >= 15 is 0 Å². The van der Waals surface area contributed by atoms with Gasteiger partial charge in [-0.05, 0) is 48.6 Å². The highest BCUT2D eigenvalue weighted by molar-refractivity contribution is 5.85. The maximum atomic E-state index is 10.5. The molecule has 0 aliphatic rings. The Kier molecular flexibility index (Phi) is 9.98. The van der Waals surface area contributed by atoms with Gasteiger partial charge in [-0.3, -0.25) is 0 Å². The summed E-state index contributed by atoms with van der Waals surface area (Å²) in [5, 5.41) is 16.5. The van der Waals surface area contributed by atoms with Crippen LogP contribution in [0.4, 0.5) is 0 Å². The number of hydrogen-bond acceptors (Lipinski definition) is 3. The first-order chi connectivity index (χ1) is 14.5. The summed E-state index contributed by atoms with van der Waals surface area (Å²) < 4.78 is 6.07. The minimum atomic E-state index is -0.538. The van der Waals surface area contributed by atoms with Crippen molar-refractivity contribution in [2.75, 3.05) is 13.2 Å². The number of nitrogens with one attached hydrogen (secondary N) is 1. The molecule has 31 heavy (non-hydrogen) atoms. The lowest BCUT2D eigenvalue weighted by Crippen LogP contribution is -2.46. The summed E-state index contributed by atoms with van der Waals surface area (Å²) in [5.74, 6) is 0. The summed E-state index contributed by atoms with van der Waals surface area (Å²) in [6.07, 6.45) is 2.40. The first-order valence-corrected chi connectivity index (χ1v) is 11.0. The van der Waals surface area contributed by atoms with E-state index in [9.17, 15) is 5.11 Å². The lowest BCUT2D eigenvalue weighted by atomic mass is 9.93. The Morgan fingerprint density at radius 1 is 0.935 bits per heavy atom. The second-order valence-electron chi connectivity index (χ2n) is 8.80. The van der Waals surface area contributed by atoms with Gasteiger partial charge in [0.25, 0.3) is 0 Å². The van der Waals surface area contributed by atoms with Gasteiger partial charge in [0.1, 0.15) is 0 Å². The summed E-state index contributed by atoms with van der Waals surface area (Å²) in [5.41, 5.74) is 2.35. The van der Waals surface area contributed by atoms with Crippen LogP contribution >= 0.6 is 12.4 Å². The molecule has 0 heterocycles. The van der Waals surface area contributed by atoms with Gasteiger partial charge in [0.2, 0.25) is 0 Å². The molecule has 0 radical (unpaired) electrons. The summed E-state index contributed by atoms with van der Waals surface area (Å²) in [4.78, 5) is 0. The smallest absolute Gasteiger partial charge is 0.0898 e. The first-order valence-electron chi connectivity index (χ1n) is 11.0. The number of fused-ring (bicyclic) bond motifs is 1. The van der Waals surface area contributed by atoms with Crippen LogP contribution in [0.5, 0.6) is 0 Å². The topological polar surface area (TPSA) is 41.5 Å². The molecule has 0 fully saturated rings. The zero-order chi connectivity index (χ0) is 21.4. The van der Waals surface area contributed by atoms with Gasteiger partial charge in [-0.2, -0.15) is 0 Å². The van der Waals surface area contributed by atoms with Gasteiger partial charge in [0.05, 0.1) is 18.8 Å². The quantitative estimate of drug-likeness (QED) is 0.378. The molecule has 0 saturated heterocycles. The maximum absolute atomic E-state index is 10.5. The molecule has 0 saturated carbocycles.